The van der Waals surface area contributed by atoms with E-state index in [4.69, 9.17) is 0 Å². The van der Waals surface area contributed by atoms with Gasteiger partial charge in [-0.15, -0.1) is 0 Å². The molecule has 2 unspecified atom stereocenters. The second kappa shape index (κ2) is 5.98. The van der Waals surface area contributed by atoms with E-state index in [1.54, 1.807) is 0 Å². The number of thioether (sulfide) groups is 2. The second-order valence-electron chi connectivity index (χ2n) is 3.97. The van der Waals surface area contributed by atoms with Crippen molar-refractivity contribution in [3.8, 4) is 0 Å². The third kappa shape index (κ3) is 2.96. The van der Waals surface area contributed by atoms with Gasteiger partial charge >= 0.3 is 0 Å². The highest BCUT2D eigenvalue weighted by molar-refractivity contribution is 8.06. The lowest BCUT2D eigenvalue weighted by molar-refractivity contribution is 0.550. The molecule has 0 amide bonds. The van der Waals surface area contributed by atoms with Gasteiger partial charge in [0.2, 0.25) is 0 Å². The van der Waals surface area contributed by atoms with Crippen molar-refractivity contribution in [1.29, 1.82) is 0 Å². The SMILES string of the molecule is CCNC(c1cnn(C)c1)C1CSCCS1. The molecule has 1 aromatic rings. The van der Waals surface area contributed by atoms with Crippen LogP contribution in [0.25, 0.3) is 0 Å². The van der Waals surface area contributed by atoms with Crippen LogP contribution in [0, 0.1) is 0 Å². The highest BCUT2D eigenvalue weighted by atomic mass is 32.2. The monoisotopic (exact) mass is 257 g/mol. The predicted octanol–water partition coefficient (Wildman–Crippen LogP) is 1.92. The molecule has 0 aromatic carbocycles. The fraction of sp³-hybridized carbons (Fsp3) is 0.727. The minimum Gasteiger partial charge on any atom is -0.309 e. The van der Waals surface area contributed by atoms with Gasteiger partial charge in [-0.1, -0.05) is 6.92 Å². The lowest BCUT2D eigenvalue weighted by Crippen LogP contribution is -2.33. The summed E-state index contributed by atoms with van der Waals surface area (Å²) in [6.07, 6.45) is 4.13. The molecule has 1 aromatic heterocycles. The van der Waals surface area contributed by atoms with E-state index in [9.17, 15) is 0 Å². The highest BCUT2D eigenvalue weighted by Gasteiger charge is 2.26. The summed E-state index contributed by atoms with van der Waals surface area (Å²) < 4.78 is 1.89. The number of hydrogen-bond acceptors (Lipinski definition) is 4. The van der Waals surface area contributed by atoms with Gasteiger partial charge in [-0.3, -0.25) is 4.68 Å². The van der Waals surface area contributed by atoms with Crippen LogP contribution in [0.5, 0.6) is 0 Å². The quantitative estimate of drug-likeness (QED) is 0.892. The fourth-order valence-electron chi connectivity index (χ4n) is 1.98. The third-order valence-corrected chi connectivity index (χ3v) is 5.59. The molecule has 0 aliphatic carbocycles. The molecule has 0 bridgehead atoms. The maximum Gasteiger partial charge on any atom is 0.0537 e. The zero-order valence-electron chi connectivity index (χ0n) is 9.85. The largest absolute Gasteiger partial charge is 0.309 e. The van der Waals surface area contributed by atoms with Crippen LogP contribution in [0.15, 0.2) is 12.4 Å². The van der Waals surface area contributed by atoms with E-state index >= 15 is 0 Å². The van der Waals surface area contributed by atoms with Gasteiger partial charge in [0.1, 0.15) is 0 Å². The Balaban J connectivity index is 2.09. The Morgan fingerprint density at radius 3 is 3.06 bits per heavy atom. The minimum absolute atomic E-state index is 0.455. The van der Waals surface area contributed by atoms with Crippen molar-refractivity contribution in [2.24, 2.45) is 7.05 Å². The van der Waals surface area contributed by atoms with Gasteiger partial charge in [0.15, 0.2) is 0 Å². The van der Waals surface area contributed by atoms with Crippen LogP contribution >= 0.6 is 23.5 Å². The lowest BCUT2D eigenvalue weighted by atomic mass is 10.1. The number of aromatic nitrogens is 2. The van der Waals surface area contributed by atoms with Crippen molar-refractivity contribution in [2.75, 3.05) is 23.8 Å². The van der Waals surface area contributed by atoms with E-state index in [0.717, 1.165) is 6.54 Å². The molecular weight excluding hydrogens is 238 g/mol. The van der Waals surface area contributed by atoms with Gasteiger partial charge in [0, 0.05) is 47.4 Å². The molecule has 3 nitrogen and oxygen atoms in total. The van der Waals surface area contributed by atoms with Gasteiger partial charge in [-0.2, -0.15) is 28.6 Å². The molecule has 1 saturated heterocycles. The Hall–Kier alpha value is -0.130. The standard InChI is InChI=1S/C11H19N3S2/c1-3-12-11(9-6-13-14(2)7-9)10-8-15-4-5-16-10/h6-7,10-12H,3-5,8H2,1-2H3. The van der Waals surface area contributed by atoms with Gasteiger partial charge in [0.05, 0.1) is 6.20 Å². The van der Waals surface area contributed by atoms with Crippen LogP contribution < -0.4 is 5.32 Å². The van der Waals surface area contributed by atoms with E-state index in [2.05, 4.69) is 47.1 Å². The second-order valence-corrected chi connectivity index (χ2v) is 6.46. The van der Waals surface area contributed by atoms with E-state index in [-0.39, 0.29) is 0 Å². The molecule has 0 saturated carbocycles. The first-order valence-corrected chi connectivity index (χ1v) is 7.93. The summed E-state index contributed by atoms with van der Waals surface area (Å²) in [7, 11) is 1.98. The van der Waals surface area contributed by atoms with Crippen LogP contribution in [0.1, 0.15) is 18.5 Å². The summed E-state index contributed by atoms with van der Waals surface area (Å²) in [5, 5.41) is 8.55. The molecule has 2 rings (SSSR count). The van der Waals surface area contributed by atoms with E-state index in [1.807, 2.05) is 17.9 Å². The van der Waals surface area contributed by atoms with Crippen LogP contribution in [-0.2, 0) is 7.05 Å². The summed E-state index contributed by atoms with van der Waals surface area (Å²) >= 11 is 4.17. The summed E-state index contributed by atoms with van der Waals surface area (Å²) in [5.74, 6) is 3.82. The first-order valence-electron chi connectivity index (χ1n) is 5.72. The molecule has 1 fully saturated rings. The van der Waals surface area contributed by atoms with Crippen molar-refractivity contribution < 1.29 is 0 Å². The third-order valence-electron chi connectivity index (χ3n) is 2.72. The molecule has 16 heavy (non-hydrogen) atoms. The maximum atomic E-state index is 4.28. The zero-order valence-corrected chi connectivity index (χ0v) is 11.5. The van der Waals surface area contributed by atoms with Crippen molar-refractivity contribution in [1.82, 2.24) is 15.1 Å². The average Bonchev–Trinajstić information content (AvgIpc) is 2.74. The molecule has 2 atom stereocenters. The van der Waals surface area contributed by atoms with Crippen LogP contribution in [0.2, 0.25) is 0 Å². The molecule has 0 radical (unpaired) electrons. The van der Waals surface area contributed by atoms with Gasteiger partial charge in [-0.25, -0.2) is 0 Å². The summed E-state index contributed by atoms with van der Waals surface area (Å²) in [5.41, 5.74) is 1.32. The zero-order chi connectivity index (χ0) is 11.4. The number of aryl methyl sites for hydroxylation is 1. The average molecular weight is 257 g/mol. The van der Waals surface area contributed by atoms with Gasteiger partial charge in [-0.05, 0) is 6.54 Å². The Morgan fingerprint density at radius 1 is 1.62 bits per heavy atom. The molecule has 90 valence electrons. The van der Waals surface area contributed by atoms with Crippen molar-refractivity contribution >= 4 is 23.5 Å². The van der Waals surface area contributed by atoms with Crippen LogP contribution in [-0.4, -0.2) is 38.8 Å². The first kappa shape index (κ1) is 12.3. The summed E-state index contributed by atoms with van der Waals surface area (Å²) in [6, 6.07) is 0.455. The van der Waals surface area contributed by atoms with Gasteiger partial charge < -0.3 is 5.32 Å². The van der Waals surface area contributed by atoms with Crippen molar-refractivity contribution in [2.45, 2.75) is 18.2 Å². The molecule has 1 aliphatic heterocycles. The number of hydrogen-bond donors (Lipinski definition) is 1. The van der Waals surface area contributed by atoms with Gasteiger partial charge in [0.25, 0.3) is 0 Å². The van der Waals surface area contributed by atoms with Crippen LogP contribution in [0.4, 0.5) is 0 Å². The first-order chi connectivity index (χ1) is 7.81. The minimum atomic E-state index is 0.455. The van der Waals surface area contributed by atoms with Crippen LogP contribution in [0.3, 0.4) is 0 Å². The van der Waals surface area contributed by atoms with Crippen molar-refractivity contribution in [3.05, 3.63) is 18.0 Å². The molecule has 1 N–H and O–H groups in total. The Morgan fingerprint density at radius 2 is 2.50 bits per heavy atom. The Labute approximate surface area is 106 Å². The molecule has 5 heteroatoms. The summed E-state index contributed by atoms with van der Waals surface area (Å²) in [6.45, 7) is 3.19. The Kier molecular flexibility index (Phi) is 4.61. The smallest absolute Gasteiger partial charge is 0.0537 e. The van der Waals surface area contributed by atoms with E-state index < -0.39 is 0 Å². The van der Waals surface area contributed by atoms with E-state index in [1.165, 1.54) is 22.8 Å². The molecule has 1 aliphatic rings. The fourth-order valence-corrected chi connectivity index (χ4v) is 4.85. The molecular formula is C11H19N3S2. The number of rotatable bonds is 4. The molecule has 0 spiro atoms. The normalized spacial score (nSPS) is 23.2. The molecule has 2 heterocycles. The number of nitrogens with one attached hydrogen (secondary N) is 1. The Bertz CT molecular complexity index is 321. The lowest BCUT2D eigenvalue weighted by Gasteiger charge is -2.29. The maximum absolute atomic E-state index is 4.28. The summed E-state index contributed by atoms with van der Waals surface area (Å²) in [4.78, 5) is 0. The van der Waals surface area contributed by atoms with Crippen molar-refractivity contribution in [3.63, 3.8) is 0 Å². The van der Waals surface area contributed by atoms with E-state index in [0.29, 0.717) is 11.3 Å². The predicted molar refractivity (Wildman–Crippen MR) is 73.2 cm³/mol. The number of nitrogens with zero attached hydrogens (tertiary/aromatic N) is 2. The topological polar surface area (TPSA) is 29.9 Å². The highest BCUT2D eigenvalue weighted by Crippen LogP contribution is 2.33.